The summed E-state index contributed by atoms with van der Waals surface area (Å²) in [5, 5.41) is 5.46. The zero-order valence-corrected chi connectivity index (χ0v) is 20.2. The van der Waals surface area contributed by atoms with E-state index in [9.17, 15) is 9.59 Å². The van der Waals surface area contributed by atoms with Crippen LogP contribution in [0.2, 0.25) is 0 Å². The number of carbonyl (C=O) groups is 2. The first-order chi connectivity index (χ1) is 15.5. The van der Waals surface area contributed by atoms with E-state index in [-0.39, 0.29) is 24.2 Å². The molecule has 0 saturated carbocycles. The van der Waals surface area contributed by atoms with Crippen LogP contribution in [0.3, 0.4) is 0 Å². The standard InChI is InChI=1S/C25H25BrN2O3S/c1-16-6-9-18-4-2-3-5-23(18)31-14-20(22(29)12-16)28-25(30)21-15-32-24(27-21)13-17-7-10-19(26)11-8-17/h2-5,7-8,10-11,15-16,20H,6,9,12-14H2,1H3,(H,28,30)/t16?,20-/m0/s1. The van der Waals surface area contributed by atoms with Crippen LogP contribution in [0.1, 0.15) is 46.4 Å². The van der Waals surface area contributed by atoms with Crippen LogP contribution in [0.15, 0.2) is 58.4 Å². The Morgan fingerprint density at radius 3 is 2.81 bits per heavy atom. The summed E-state index contributed by atoms with van der Waals surface area (Å²) in [5.74, 6) is 0.669. The van der Waals surface area contributed by atoms with Crippen LogP contribution in [0, 0.1) is 5.92 Å². The monoisotopic (exact) mass is 512 g/mol. The third kappa shape index (κ3) is 5.84. The molecular formula is C25H25BrN2O3S. The number of aryl methyl sites for hydroxylation is 1. The number of nitrogens with zero attached hydrogens (tertiary/aromatic N) is 1. The number of halogens is 1. The average Bonchev–Trinajstić information content (AvgIpc) is 3.25. The minimum atomic E-state index is -0.701. The number of rotatable bonds is 4. The number of carbonyl (C=O) groups excluding carboxylic acids is 2. The molecule has 1 aliphatic rings. The number of ketones is 1. The summed E-state index contributed by atoms with van der Waals surface area (Å²) in [5.41, 5.74) is 2.59. The van der Waals surface area contributed by atoms with Gasteiger partial charge < -0.3 is 10.1 Å². The molecular weight excluding hydrogens is 488 g/mol. The molecule has 1 unspecified atom stereocenters. The molecule has 0 spiro atoms. The number of fused-ring (bicyclic) bond motifs is 1. The van der Waals surface area contributed by atoms with Crippen molar-refractivity contribution in [2.45, 2.75) is 38.6 Å². The molecule has 2 aromatic carbocycles. The fourth-order valence-electron chi connectivity index (χ4n) is 3.73. The molecule has 0 saturated heterocycles. The number of hydrogen-bond donors (Lipinski definition) is 1. The second kappa shape index (κ2) is 10.4. The number of para-hydroxylation sites is 1. The molecule has 0 fully saturated rings. The first-order valence-corrected chi connectivity index (χ1v) is 12.4. The molecule has 7 heteroatoms. The van der Waals surface area contributed by atoms with E-state index in [1.807, 2.05) is 42.5 Å². The lowest BCUT2D eigenvalue weighted by molar-refractivity contribution is -0.122. The summed E-state index contributed by atoms with van der Waals surface area (Å²) < 4.78 is 6.98. The molecule has 5 nitrogen and oxygen atoms in total. The molecule has 2 heterocycles. The van der Waals surface area contributed by atoms with Gasteiger partial charge >= 0.3 is 0 Å². The van der Waals surface area contributed by atoms with Gasteiger partial charge in [-0.25, -0.2) is 4.98 Å². The maximum atomic E-state index is 12.9. The molecule has 1 aromatic heterocycles. The molecule has 32 heavy (non-hydrogen) atoms. The van der Waals surface area contributed by atoms with E-state index in [0.29, 0.717) is 18.5 Å². The van der Waals surface area contributed by atoms with Crippen molar-refractivity contribution in [3.8, 4) is 5.75 Å². The van der Waals surface area contributed by atoms with E-state index in [2.05, 4.69) is 39.2 Å². The van der Waals surface area contributed by atoms with E-state index in [1.165, 1.54) is 11.3 Å². The number of amides is 1. The number of benzene rings is 2. The maximum absolute atomic E-state index is 12.9. The summed E-state index contributed by atoms with van der Waals surface area (Å²) in [7, 11) is 0. The van der Waals surface area contributed by atoms with E-state index in [0.717, 1.165) is 39.2 Å². The van der Waals surface area contributed by atoms with E-state index in [1.54, 1.807) is 5.38 Å². The van der Waals surface area contributed by atoms with Crippen molar-refractivity contribution >= 4 is 39.0 Å². The second-order valence-corrected chi connectivity index (χ2v) is 10.0. The highest BCUT2D eigenvalue weighted by Crippen LogP contribution is 2.24. The Labute approximate surface area is 200 Å². The average molecular weight is 513 g/mol. The van der Waals surface area contributed by atoms with Gasteiger partial charge in [0.05, 0.1) is 5.01 Å². The minimum absolute atomic E-state index is 0.00412. The minimum Gasteiger partial charge on any atom is -0.491 e. The van der Waals surface area contributed by atoms with E-state index in [4.69, 9.17) is 4.74 Å². The van der Waals surface area contributed by atoms with Gasteiger partial charge in [-0.1, -0.05) is 53.2 Å². The van der Waals surface area contributed by atoms with Gasteiger partial charge in [-0.05, 0) is 48.1 Å². The van der Waals surface area contributed by atoms with Crippen LogP contribution in [-0.2, 0) is 17.6 Å². The van der Waals surface area contributed by atoms with Crippen molar-refractivity contribution in [2.75, 3.05) is 6.61 Å². The lowest BCUT2D eigenvalue weighted by Gasteiger charge is -2.23. The summed E-state index contributed by atoms with van der Waals surface area (Å²) in [6, 6.07) is 15.2. The van der Waals surface area contributed by atoms with Gasteiger partial charge in [0.15, 0.2) is 5.78 Å². The lowest BCUT2D eigenvalue weighted by Crippen LogP contribution is -2.45. The van der Waals surface area contributed by atoms with Crippen LogP contribution < -0.4 is 10.1 Å². The number of Topliss-reactive ketones (excluding diaryl/α,β-unsaturated/α-hetero) is 1. The Bertz CT molecular complexity index is 1100. The number of hydrogen-bond acceptors (Lipinski definition) is 5. The van der Waals surface area contributed by atoms with Crippen molar-refractivity contribution in [3.05, 3.63) is 80.2 Å². The molecule has 1 N–H and O–H groups in total. The molecule has 3 aromatic rings. The molecule has 4 rings (SSSR count). The van der Waals surface area contributed by atoms with E-state index < -0.39 is 6.04 Å². The Morgan fingerprint density at radius 2 is 2.00 bits per heavy atom. The summed E-state index contributed by atoms with van der Waals surface area (Å²) in [6.45, 7) is 2.20. The number of aromatic nitrogens is 1. The van der Waals surface area contributed by atoms with Crippen molar-refractivity contribution in [3.63, 3.8) is 0 Å². The highest BCUT2D eigenvalue weighted by atomic mass is 79.9. The first-order valence-electron chi connectivity index (χ1n) is 10.7. The quantitative estimate of drug-likeness (QED) is 0.520. The van der Waals surface area contributed by atoms with Crippen molar-refractivity contribution in [1.82, 2.24) is 10.3 Å². The maximum Gasteiger partial charge on any atom is 0.271 e. The second-order valence-electron chi connectivity index (χ2n) is 8.19. The van der Waals surface area contributed by atoms with Crippen molar-refractivity contribution in [2.24, 2.45) is 5.92 Å². The molecule has 2 atom stereocenters. The molecule has 0 bridgehead atoms. The van der Waals surface area contributed by atoms with Gasteiger partial charge in [-0.15, -0.1) is 11.3 Å². The van der Waals surface area contributed by atoms with Crippen LogP contribution in [0.4, 0.5) is 0 Å². The Balaban J connectivity index is 1.44. The highest BCUT2D eigenvalue weighted by Gasteiger charge is 2.26. The summed E-state index contributed by atoms with van der Waals surface area (Å²) in [4.78, 5) is 30.2. The molecule has 0 radical (unpaired) electrons. The normalized spacial score (nSPS) is 19.0. The molecule has 1 amide bonds. The fourth-order valence-corrected chi connectivity index (χ4v) is 4.81. The zero-order chi connectivity index (χ0) is 22.5. The highest BCUT2D eigenvalue weighted by molar-refractivity contribution is 9.10. The van der Waals surface area contributed by atoms with Crippen LogP contribution >= 0.6 is 27.3 Å². The third-order valence-electron chi connectivity index (χ3n) is 5.58. The van der Waals surface area contributed by atoms with Gasteiger partial charge in [0.2, 0.25) is 0 Å². The summed E-state index contributed by atoms with van der Waals surface area (Å²) in [6.07, 6.45) is 2.85. The molecule has 166 valence electrons. The van der Waals surface area contributed by atoms with E-state index >= 15 is 0 Å². The largest absolute Gasteiger partial charge is 0.491 e. The van der Waals surface area contributed by atoms with Gasteiger partial charge in [-0.2, -0.15) is 0 Å². The predicted octanol–water partition coefficient (Wildman–Crippen LogP) is 5.22. The van der Waals surface area contributed by atoms with Gasteiger partial charge in [0.1, 0.15) is 24.1 Å². The van der Waals surface area contributed by atoms with Gasteiger partial charge in [0, 0.05) is 22.7 Å². The third-order valence-corrected chi connectivity index (χ3v) is 6.96. The van der Waals surface area contributed by atoms with Crippen LogP contribution in [0.25, 0.3) is 0 Å². The number of thiazole rings is 1. The predicted molar refractivity (Wildman–Crippen MR) is 129 cm³/mol. The Kier molecular flexibility index (Phi) is 7.37. The molecule has 0 aliphatic carbocycles. The van der Waals surface area contributed by atoms with Crippen molar-refractivity contribution < 1.29 is 14.3 Å². The topological polar surface area (TPSA) is 68.3 Å². The first kappa shape index (κ1) is 22.7. The van der Waals surface area contributed by atoms with Gasteiger partial charge in [0.25, 0.3) is 5.91 Å². The Morgan fingerprint density at radius 1 is 1.22 bits per heavy atom. The van der Waals surface area contributed by atoms with Gasteiger partial charge in [-0.3, -0.25) is 9.59 Å². The number of ether oxygens (including phenoxy) is 1. The molecule has 1 aliphatic heterocycles. The fraction of sp³-hybridized carbons (Fsp3) is 0.320. The summed E-state index contributed by atoms with van der Waals surface area (Å²) >= 11 is 4.88. The van der Waals surface area contributed by atoms with Crippen LogP contribution in [0.5, 0.6) is 5.75 Å². The lowest BCUT2D eigenvalue weighted by atomic mass is 9.93. The SMILES string of the molecule is CC1CCc2ccccc2OC[C@H](NC(=O)c2csc(Cc3ccc(Br)cc3)n2)C(=O)C1. The Hall–Kier alpha value is -2.51. The smallest absolute Gasteiger partial charge is 0.271 e. The van der Waals surface area contributed by atoms with Crippen molar-refractivity contribution in [1.29, 1.82) is 0 Å². The zero-order valence-electron chi connectivity index (χ0n) is 17.8. The van der Waals surface area contributed by atoms with Crippen LogP contribution in [-0.4, -0.2) is 29.3 Å². The number of nitrogens with one attached hydrogen (secondary N) is 1.